The molecule has 0 saturated carbocycles. The lowest BCUT2D eigenvalue weighted by Gasteiger charge is -2.44. The standard InChI is InChI=1S/C39H44O21/c1-11-7-14(42)22-16(56-37-35(52)32(49)30(47)20(59-37)10-55-36-33(50)28(45)15(43)9-54-36)5-6-17-24(22)21(11)25-12(2)27(44)23-13(41)3-4-18(26(23)39(25,53)60-17)57-38-34(51)31(48)29(46)19(8-40)58-38/h3-7,15,19-20,28-38,40-43,45-53H,8-10H2,1-2H3/t15-,19-,20-,28+,29-,30-,31+,32+,33-,34-,35-,36+,37-,38-,39+/m1/s1. The Hall–Kier alpha value is -4.27. The summed E-state index contributed by atoms with van der Waals surface area (Å²) in [4.78, 5) is 14.2. The first-order chi connectivity index (χ1) is 28.4. The molecule has 21 heteroatoms. The first-order valence-electron chi connectivity index (χ1n) is 18.8. The van der Waals surface area contributed by atoms with Crippen LogP contribution in [-0.2, 0) is 24.7 Å². The van der Waals surface area contributed by atoms with Gasteiger partial charge in [0.05, 0.1) is 36.3 Å². The largest absolute Gasteiger partial charge is 0.507 e. The van der Waals surface area contributed by atoms with E-state index in [1.807, 2.05) is 0 Å². The van der Waals surface area contributed by atoms with Gasteiger partial charge in [-0.1, -0.05) is 0 Å². The Kier molecular flexibility index (Phi) is 11.0. The molecule has 15 atom stereocenters. The van der Waals surface area contributed by atoms with Gasteiger partial charge in [0.15, 0.2) is 12.1 Å². The molecule has 0 bridgehead atoms. The fraction of sp³-hybridized carbons (Fsp3) is 0.513. The number of hydrogen-bond acceptors (Lipinski definition) is 21. The number of allylic oxidation sites excluding steroid dienone is 1. The maximum Gasteiger partial charge on any atom is 0.267 e. The van der Waals surface area contributed by atoms with Crippen LogP contribution in [-0.4, -0.2) is 178 Å². The zero-order valence-corrected chi connectivity index (χ0v) is 31.7. The second kappa shape index (κ2) is 15.6. The van der Waals surface area contributed by atoms with Crippen LogP contribution in [0.25, 0.3) is 16.3 Å². The monoisotopic (exact) mass is 848 g/mol. The minimum absolute atomic E-state index is 0.0853. The van der Waals surface area contributed by atoms with E-state index >= 15 is 0 Å². The maximum atomic E-state index is 14.2. The van der Waals surface area contributed by atoms with Crippen molar-refractivity contribution >= 4 is 22.1 Å². The SMILES string of the molecule is CC1=C2c3c(C)cc(O)c4c(O[C@@H]5O[C@H](CO[C@@H]6OC[C@@H](O)[C@H](O)[C@H]6O)[C@@H](O)[C@H](O)[C@H]5O)ccc(c34)O[C@]2(O)c2c(O[C@@H]3O[C@H](CO)[C@@H](O)[C@H](O)[C@H]3O)ccc(O)c2C1=O. The molecule has 3 saturated heterocycles. The zero-order valence-electron chi connectivity index (χ0n) is 31.7. The van der Waals surface area contributed by atoms with Gasteiger partial charge in [-0.3, -0.25) is 4.79 Å². The molecule has 21 nitrogen and oxygen atoms in total. The summed E-state index contributed by atoms with van der Waals surface area (Å²) < 4.78 is 40.3. The highest BCUT2D eigenvalue weighted by atomic mass is 16.7. The Bertz CT molecular complexity index is 2210. The van der Waals surface area contributed by atoms with E-state index in [0.29, 0.717) is 5.56 Å². The number of Topliss-reactive ketones (excluding diaryl/α,β-unsaturated/α-hetero) is 1. The van der Waals surface area contributed by atoms with Gasteiger partial charge in [0.25, 0.3) is 5.79 Å². The quantitative estimate of drug-likeness (QED) is 0.105. The minimum atomic E-state index is -2.65. The van der Waals surface area contributed by atoms with E-state index in [4.69, 9.17) is 33.2 Å². The average Bonchev–Trinajstić information content (AvgIpc) is 3.21. The molecular weight excluding hydrogens is 804 g/mol. The molecule has 326 valence electrons. The van der Waals surface area contributed by atoms with Gasteiger partial charge in [0.2, 0.25) is 12.6 Å². The van der Waals surface area contributed by atoms with E-state index in [-0.39, 0.29) is 51.3 Å². The van der Waals surface area contributed by atoms with Crippen molar-refractivity contribution in [2.45, 2.75) is 106 Å². The Morgan fingerprint density at radius 1 is 0.700 bits per heavy atom. The van der Waals surface area contributed by atoms with Gasteiger partial charge in [0.1, 0.15) is 95.9 Å². The van der Waals surface area contributed by atoms with Gasteiger partial charge in [-0.25, -0.2) is 0 Å². The summed E-state index contributed by atoms with van der Waals surface area (Å²) >= 11 is 0. The number of aliphatic hydroxyl groups is 11. The van der Waals surface area contributed by atoms with Gasteiger partial charge in [-0.15, -0.1) is 0 Å². The van der Waals surface area contributed by atoms with Gasteiger partial charge in [-0.05, 0) is 55.3 Å². The van der Waals surface area contributed by atoms with Gasteiger partial charge < -0.3 is 99.5 Å². The molecule has 3 fully saturated rings. The number of ether oxygens (including phenoxy) is 7. The molecule has 3 aromatic rings. The summed E-state index contributed by atoms with van der Waals surface area (Å²) in [5, 5.41) is 139. The number of benzene rings is 3. The Labute approximate surface area is 338 Å². The summed E-state index contributed by atoms with van der Waals surface area (Å²) in [7, 11) is 0. The first kappa shape index (κ1) is 42.4. The number of carbonyl (C=O) groups excluding carboxylic acids is 1. The predicted molar refractivity (Wildman–Crippen MR) is 195 cm³/mol. The summed E-state index contributed by atoms with van der Waals surface area (Å²) in [6.45, 7) is 1.20. The summed E-state index contributed by atoms with van der Waals surface area (Å²) in [6.07, 6.45) is -23.5. The Morgan fingerprint density at radius 3 is 1.97 bits per heavy atom. The van der Waals surface area contributed by atoms with Gasteiger partial charge >= 0.3 is 0 Å². The normalized spacial score (nSPS) is 37.6. The van der Waals surface area contributed by atoms with E-state index in [0.717, 1.165) is 12.1 Å². The van der Waals surface area contributed by atoms with E-state index < -0.39 is 133 Å². The number of aryl methyl sites for hydroxylation is 1. The predicted octanol–water partition coefficient (Wildman–Crippen LogP) is -3.41. The molecule has 0 aromatic heterocycles. The molecule has 5 aliphatic rings. The van der Waals surface area contributed by atoms with Crippen LogP contribution >= 0.6 is 0 Å². The van der Waals surface area contributed by atoms with Crippen LogP contribution in [0.3, 0.4) is 0 Å². The van der Waals surface area contributed by atoms with E-state index in [1.165, 1.54) is 25.1 Å². The van der Waals surface area contributed by atoms with Crippen LogP contribution in [0.5, 0.6) is 28.7 Å². The van der Waals surface area contributed by atoms with E-state index in [9.17, 15) is 71.2 Å². The van der Waals surface area contributed by atoms with E-state index in [1.54, 1.807) is 6.92 Å². The molecule has 4 aliphatic heterocycles. The molecule has 0 unspecified atom stereocenters. The smallest absolute Gasteiger partial charge is 0.267 e. The van der Waals surface area contributed by atoms with Gasteiger partial charge in [-0.2, -0.15) is 0 Å². The highest BCUT2D eigenvalue weighted by Gasteiger charge is 2.54. The van der Waals surface area contributed by atoms with Crippen LogP contribution in [0.4, 0.5) is 0 Å². The van der Waals surface area contributed by atoms with Crippen LogP contribution in [0.1, 0.15) is 34.0 Å². The van der Waals surface area contributed by atoms with Crippen molar-refractivity contribution in [3.8, 4) is 28.7 Å². The molecular formula is C39H44O21. The van der Waals surface area contributed by atoms with Crippen molar-refractivity contribution in [1.82, 2.24) is 0 Å². The summed E-state index contributed by atoms with van der Waals surface area (Å²) in [6, 6.07) is 6.10. The summed E-state index contributed by atoms with van der Waals surface area (Å²) in [5.41, 5.74) is -0.702. The Morgan fingerprint density at radius 2 is 1.30 bits per heavy atom. The number of carbonyl (C=O) groups is 1. The fourth-order valence-corrected chi connectivity index (χ4v) is 8.34. The van der Waals surface area contributed by atoms with Crippen molar-refractivity contribution in [2.75, 3.05) is 19.8 Å². The van der Waals surface area contributed by atoms with Crippen molar-refractivity contribution < 1.29 is 104 Å². The third-order valence-electron chi connectivity index (χ3n) is 11.5. The molecule has 3 aromatic carbocycles. The second-order valence-electron chi connectivity index (χ2n) is 15.3. The van der Waals surface area contributed by atoms with Crippen molar-refractivity contribution in [1.29, 1.82) is 0 Å². The van der Waals surface area contributed by atoms with Crippen molar-refractivity contribution in [3.05, 3.63) is 58.2 Å². The third-order valence-corrected chi connectivity index (χ3v) is 11.5. The molecule has 8 rings (SSSR count). The lowest BCUT2D eigenvalue weighted by Crippen LogP contribution is -2.61. The number of phenols is 2. The topological polar surface area (TPSA) is 345 Å². The zero-order chi connectivity index (χ0) is 43.3. The second-order valence-corrected chi connectivity index (χ2v) is 15.3. The minimum Gasteiger partial charge on any atom is -0.507 e. The van der Waals surface area contributed by atoms with Crippen LogP contribution in [0, 0.1) is 6.92 Å². The lowest BCUT2D eigenvalue weighted by atomic mass is 9.74. The average molecular weight is 849 g/mol. The van der Waals surface area contributed by atoms with Crippen molar-refractivity contribution in [3.63, 3.8) is 0 Å². The number of hydrogen-bond donors (Lipinski definition) is 13. The van der Waals surface area contributed by atoms with Crippen LogP contribution in [0.15, 0.2) is 35.9 Å². The molecule has 60 heavy (non-hydrogen) atoms. The molecule has 0 radical (unpaired) electrons. The fourth-order valence-electron chi connectivity index (χ4n) is 8.34. The van der Waals surface area contributed by atoms with Crippen LogP contribution < -0.4 is 14.2 Å². The number of fused-ring (bicyclic) bond motifs is 4. The third kappa shape index (κ3) is 6.58. The summed E-state index contributed by atoms with van der Waals surface area (Å²) in [5.74, 6) is -5.10. The van der Waals surface area contributed by atoms with Gasteiger partial charge in [0, 0.05) is 16.5 Å². The Balaban J connectivity index is 1.16. The molecule has 1 aliphatic carbocycles. The first-order valence-corrected chi connectivity index (χ1v) is 18.8. The number of aromatic hydroxyl groups is 2. The molecule has 4 heterocycles. The number of ketones is 1. The van der Waals surface area contributed by atoms with Crippen LogP contribution in [0.2, 0.25) is 0 Å². The maximum absolute atomic E-state index is 14.2. The number of aliphatic hydroxyl groups excluding tert-OH is 10. The molecule has 0 amide bonds. The lowest BCUT2D eigenvalue weighted by molar-refractivity contribution is -0.307. The highest BCUT2D eigenvalue weighted by molar-refractivity contribution is 6.21. The van der Waals surface area contributed by atoms with E-state index in [2.05, 4.69) is 0 Å². The number of phenolic OH excluding ortho intramolecular Hbond substituents is 2. The number of rotatable bonds is 8. The highest BCUT2D eigenvalue weighted by Crippen LogP contribution is 2.59. The molecule has 13 N–H and O–H groups in total. The van der Waals surface area contributed by atoms with Crippen molar-refractivity contribution in [2.24, 2.45) is 0 Å². The molecule has 0 spiro atoms.